The molecule has 0 saturated carbocycles. The fraction of sp³-hybridized carbons (Fsp3) is 0.458. The van der Waals surface area contributed by atoms with Crippen LogP contribution in [-0.4, -0.2) is 60.1 Å². The van der Waals surface area contributed by atoms with Crippen LogP contribution < -0.4 is 5.32 Å². The van der Waals surface area contributed by atoms with E-state index in [4.69, 9.17) is 11.6 Å². The van der Waals surface area contributed by atoms with E-state index < -0.39 is 0 Å². The number of benzene rings is 2. The molecule has 7 heteroatoms. The van der Waals surface area contributed by atoms with Crippen molar-refractivity contribution in [2.75, 3.05) is 39.3 Å². The van der Waals surface area contributed by atoms with Gasteiger partial charge in [0.2, 0.25) is 5.91 Å². The highest BCUT2D eigenvalue weighted by molar-refractivity contribution is 6.31. The van der Waals surface area contributed by atoms with Gasteiger partial charge < -0.3 is 10.0 Å². The van der Waals surface area contributed by atoms with Gasteiger partial charge in [-0.3, -0.25) is 15.0 Å². The standard InChI is InChI=1S/C24H31ClFN3O2/c1-16-11-17(2)24(18(3)12-16)22(15-30)27-13-23(31)29-9-7-28(8-10-29)14-19-20(25)5-4-6-21(19)26/h4-6,11-12,22,27,30H,7-10,13-15H2,1-3H3. The number of nitrogens with one attached hydrogen (secondary N) is 1. The van der Waals surface area contributed by atoms with Crippen molar-refractivity contribution >= 4 is 17.5 Å². The minimum Gasteiger partial charge on any atom is -0.394 e. The zero-order valence-electron chi connectivity index (χ0n) is 18.4. The SMILES string of the molecule is Cc1cc(C)c(C(CO)NCC(=O)N2CCN(Cc3c(F)cccc3Cl)CC2)c(C)c1. The van der Waals surface area contributed by atoms with E-state index in [1.165, 1.54) is 11.6 Å². The molecule has 0 aromatic heterocycles. The Morgan fingerprint density at radius 2 is 1.81 bits per heavy atom. The van der Waals surface area contributed by atoms with Gasteiger partial charge in [0.05, 0.1) is 19.2 Å². The Morgan fingerprint density at radius 1 is 1.16 bits per heavy atom. The molecule has 1 heterocycles. The monoisotopic (exact) mass is 447 g/mol. The minimum absolute atomic E-state index is 0.00411. The van der Waals surface area contributed by atoms with Crippen molar-refractivity contribution in [2.24, 2.45) is 0 Å². The molecule has 1 fully saturated rings. The molecule has 0 spiro atoms. The van der Waals surface area contributed by atoms with E-state index in [1.54, 1.807) is 12.1 Å². The molecule has 2 N–H and O–H groups in total. The van der Waals surface area contributed by atoms with Crippen LogP contribution in [0.25, 0.3) is 0 Å². The lowest BCUT2D eigenvalue weighted by Gasteiger charge is -2.35. The average molecular weight is 448 g/mol. The van der Waals surface area contributed by atoms with Crippen LogP contribution in [0.15, 0.2) is 30.3 Å². The number of carbonyl (C=O) groups is 1. The number of nitrogens with zero attached hydrogens (tertiary/aromatic N) is 2. The maximum Gasteiger partial charge on any atom is 0.236 e. The number of piperazine rings is 1. The number of aryl methyl sites for hydroxylation is 3. The Kier molecular flexibility index (Phi) is 8.06. The summed E-state index contributed by atoms with van der Waals surface area (Å²) in [6, 6.07) is 8.62. The molecule has 1 amide bonds. The largest absolute Gasteiger partial charge is 0.394 e. The van der Waals surface area contributed by atoms with Gasteiger partial charge in [-0.25, -0.2) is 4.39 Å². The van der Waals surface area contributed by atoms with Gasteiger partial charge in [-0.1, -0.05) is 35.4 Å². The molecule has 3 rings (SSSR count). The third-order valence-corrected chi connectivity index (χ3v) is 6.29. The molecular formula is C24H31ClFN3O2. The van der Waals surface area contributed by atoms with Gasteiger partial charge >= 0.3 is 0 Å². The molecular weight excluding hydrogens is 417 g/mol. The Balaban J connectivity index is 1.53. The fourth-order valence-corrected chi connectivity index (χ4v) is 4.61. The number of hydrogen-bond acceptors (Lipinski definition) is 4. The molecule has 1 aliphatic rings. The summed E-state index contributed by atoms with van der Waals surface area (Å²) in [5, 5.41) is 13.6. The normalized spacial score (nSPS) is 15.9. The van der Waals surface area contributed by atoms with E-state index in [0.29, 0.717) is 43.3 Å². The zero-order valence-corrected chi connectivity index (χ0v) is 19.2. The maximum atomic E-state index is 14.0. The van der Waals surface area contributed by atoms with Gasteiger partial charge in [-0.05, 0) is 49.6 Å². The van der Waals surface area contributed by atoms with E-state index in [1.807, 2.05) is 18.7 Å². The smallest absolute Gasteiger partial charge is 0.236 e. The molecule has 2 aromatic carbocycles. The van der Waals surface area contributed by atoms with Crippen molar-refractivity contribution in [1.82, 2.24) is 15.1 Å². The van der Waals surface area contributed by atoms with Crippen LogP contribution in [0.5, 0.6) is 0 Å². The summed E-state index contributed by atoms with van der Waals surface area (Å²) < 4.78 is 14.0. The first-order valence-corrected chi connectivity index (χ1v) is 11.0. The molecule has 1 aliphatic heterocycles. The van der Waals surface area contributed by atoms with E-state index in [9.17, 15) is 14.3 Å². The highest BCUT2D eigenvalue weighted by atomic mass is 35.5. The van der Waals surface area contributed by atoms with Gasteiger partial charge in [0.25, 0.3) is 0 Å². The minimum atomic E-state index is -0.299. The predicted octanol–water partition coefficient (Wildman–Crippen LogP) is 3.37. The molecule has 0 bridgehead atoms. The van der Waals surface area contributed by atoms with Crippen molar-refractivity contribution in [3.63, 3.8) is 0 Å². The van der Waals surface area contributed by atoms with Crippen LogP contribution in [0.3, 0.4) is 0 Å². The van der Waals surface area contributed by atoms with Crippen molar-refractivity contribution in [3.8, 4) is 0 Å². The molecule has 0 aliphatic carbocycles. The number of halogens is 2. The van der Waals surface area contributed by atoms with E-state index in [2.05, 4.69) is 29.3 Å². The van der Waals surface area contributed by atoms with Gasteiger partial charge in [0, 0.05) is 43.3 Å². The summed E-state index contributed by atoms with van der Waals surface area (Å²) >= 11 is 6.13. The lowest BCUT2D eigenvalue weighted by atomic mass is 9.94. The highest BCUT2D eigenvalue weighted by Crippen LogP contribution is 2.24. The van der Waals surface area contributed by atoms with Crippen LogP contribution >= 0.6 is 11.6 Å². The fourth-order valence-electron chi connectivity index (χ4n) is 4.38. The van der Waals surface area contributed by atoms with Crippen LogP contribution in [0, 0.1) is 26.6 Å². The quantitative estimate of drug-likeness (QED) is 0.683. The van der Waals surface area contributed by atoms with Gasteiger partial charge in [0.15, 0.2) is 0 Å². The first-order valence-electron chi connectivity index (χ1n) is 10.6. The summed E-state index contributed by atoms with van der Waals surface area (Å²) in [5.41, 5.74) is 4.95. The number of aliphatic hydroxyl groups excluding tert-OH is 1. The Hall–Kier alpha value is -1.99. The first kappa shape index (κ1) is 23.7. The average Bonchev–Trinajstić information content (AvgIpc) is 2.72. The van der Waals surface area contributed by atoms with Gasteiger partial charge in [-0.2, -0.15) is 0 Å². The van der Waals surface area contributed by atoms with Crippen molar-refractivity contribution in [2.45, 2.75) is 33.4 Å². The van der Waals surface area contributed by atoms with Crippen LogP contribution in [0.1, 0.15) is 33.9 Å². The third-order valence-electron chi connectivity index (χ3n) is 5.94. The van der Waals surface area contributed by atoms with E-state index in [0.717, 1.165) is 16.7 Å². The number of hydrogen-bond donors (Lipinski definition) is 2. The van der Waals surface area contributed by atoms with Crippen LogP contribution in [0.2, 0.25) is 5.02 Å². The Morgan fingerprint density at radius 3 is 2.39 bits per heavy atom. The summed E-state index contributed by atoms with van der Waals surface area (Å²) in [4.78, 5) is 16.7. The number of rotatable bonds is 7. The lowest BCUT2D eigenvalue weighted by molar-refractivity contribution is -0.132. The topological polar surface area (TPSA) is 55.8 Å². The first-order chi connectivity index (χ1) is 14.8. The molecule has 5 nitrogen and oxygen atoms in total. The third kappa shape index (κ3) is 5.83. The molecule has 0 radical (unpaired) electrons. The van der Waals surface area contributed by atoms with Crippen LogP contribution in [0.4, 0.5) is 4.39 Å². The van der Waals surface area contributed by atoms with E-state index >= 15 is 0 Å². The van der Waals surface area contributed by atoms with Crippen molar-refractivity contribution < 1.29 is 14.3 Å². The molecule has 1 unspecified atom stereocenters. The Bertz CT molecular complexity index is 886. The maximum absolute atomic E-state index is 14.0. The molecule has 168 valence electrons. The van der Waals surface area contributed by atoms with Gasteiger partial charge in [-0.15, -0.1) is 0 Å². The molecule has 2 aromatic rings. The number of aliphatic hydroxyl groups is 1. The summed E-state index contributed by atoms with van der Waals surface area (Å²) in [7, 11) is 0. The van der Waals surface area contributed by atoms with E-state index in [-0.39, 0.29) is 30.9 Å². The highest BCUT2D eigenvalue weighted by Gasteiger charge is 2.24. The summed E-state index contributed by atoms with van der Waals surface area (Å²) in [5.74, 6) is -0.295. The number of carbonyl (C=O) groups excluding carboxylic acids is 1. The molecule has 1 atom stereocenters. The van der Waals surface area contributed by atoms with Gasteiger partial charge in [0.1, 0.15) is 5.82 Å². The van der Waals surface area contributed by atoms with Crippen LogP contribution in [-0.2, 0) is 11.3 Å². The second kappa shape index (κ2) is 10.6. The summed E-state index contributed by atoms with van der Waals surface area (Å²) in [6.07, 6.45) is 0. The molecule has 31 heavy (non-hydrogen) atoms. The zero-order chi connectivity index (χ0) is 22.5. The van der Waals surface area contributed by atoms with Crippen molar-refractivity contribution in [3.05, 3.63) is 69.0 Å². The van der Waals surface area contributed by atoms with Crippen molar-refractivity contribution in [1.29, 1.82) is 0 Å². The second-order valence-electron chi connectivity index (χ2n) is 8.29. The Labute approximate surface area is 188 Å². The second-order valence-corrected chi connectivity index (χ2v) is 8.69. The lowest BCUT2D eigenvalue weighted by Crippen LogP contribution is -2.50. The predicted molar refractivity (Wildman–Crippen MR) is 122 cm³/mol. The number of amides is 1. The molecule has 1 saturated heterocycles. The summed E-state index contributed by atoms with van der Waals surface area (Å²) in [6.45, 7) is 9.13.